The summed E-state index contributed by atoms with van der Waals surface area (Å²) in [6, 6.07) is 0. The molecule has 0 aromatic heterocycles. The molecule has 0 saturated carbocycles. The highest BCUT2D eigenvalue weighted by Gasteiger charge is 2.43. The molecular formula is C78H140I2N2O36. The summed E-state index contributed by atoms with van der Waals surface area (Å²) in [4.78, 5) is 148. The highest BCUT2D eigenvalue weighted by Crippen LogP contribution is 2.19. The zero-order chi connectivity index (χ0) is 91.2. The van der Waals surface area contributed by atoms with Gasteiger partial charge in [-0.05, 0) is 107 Å². The first-order valence-electron chi connectivity index (χ1n) is 40.0. The number of rotatable bonds is 64. The second-order valence-corrected chi connectivity index (χ2v) is 27.5. The molecule has 0 fully saturated rings. The summed E-state index contributed by atoms with van der Waals surface area (Å²) in [5, 5.41) is 36.1. The van der Waals surface area contributed by atoms with Gasteiger partial charge < -0.3 is 115 Å². The van der Waals surface area contributed by atoms with Crippen LogP contribution >= 0.6 is 45.2 Å². The number of aliphatic hydroxyl groups is 2. The van der Waals surface area contributed by atoms with Crippen molar-refractivity contribution in [1.82, 2.24) is 0 Å². The van der Waals surface area contributed by atoms with Crippen molar-refractivity contribution < 1.29 is 173 Å². The standard InChI is InChI=1S/C16H28I2O6.C16H30O6.C14H22O6.C12H24N2O6.C12H22O6.C8H14O6/c1-5-11(17)9-23-13(15(19)21-7-3)14(16(20)22-8-4)24-10-12(18)6-2;1-5-9-11-21-13(15(17)19-7-3)14(16(18)20-8-4)22-12-10-6-2;1-5-9-19-11(13(15)17-7-3)12(20-10-6-2)14(16)18-8-4;1-3-5-7-17-9(11(15)19-13)10(12(16)20-14)18-8-6-4-2;1-3-5-7-17-9(11(13)14)10(12(15)16)18-8-6-4-2;1-3-13-7(11)5(9)6(10)8(12)14-4-2/h11-14H,5-10H2,1-4H3;13-14H,5-12H2,1-4H3;5-6,11-12H,1-2,7-10H2,3-4H3;9-10H,3-8,13-14H2,1-2H3;9-10H,3-8H2,1-2H3,(H,13,14)(H,15,16);5-6,9-10H,3-4H2,1-2H3. The molecule has 40 heteroatoms. The van der Waals surface area contributed by atoms with Gasteiger partial charge in [-0.25, -0.2) is 57.5 Å². The van der Waals surface area contributed by atoms with Gasteiger partial charge in [0.1, 0.15) is 0 Å². The van der Waals surface area contributed by atoms with Crippen molar-refractivity contribution in [3.63, 3.8) is 0 Å². The van der Waals surface area contributed by atoms with Crippen LogP contribution in [0.4, 0.5) is 0 Å². The minimum absolute atomic E-state index is 0.0610. The summed E-state index contributed by atoms with van der Waals surface area (Å²) in [7, 11) is 0. The van der Waals surface area contributed by atoms with E-state index in [1.54, 1.807) is 55.4 Å². The van der Waals surface area contributed by atoms with Crippen molar-refractivity contribution in [3.05, 3.63) is 25.3 Å². The van der Waals surface area contributed by atoms with Crippen molar-refractivity contribution in [2.45, 2.75) is 282 Å². The van der Waals surface area contributed by atoms with Gasteiger partial charge in [-0.3, -0.25) is 0 Å². The van der Waals surface area contributed by atoms with Crippen LogP contribution in [0, 0.1) is 0 Å². The Morgan fingerprint density at radius 3 is 0.636 bits per heavy atom. The van der Waals surface area contributed by atoms with Gasteiger partial charge in [0, 0.05) is 47.5 Å². The van der Waals surface area contributed by atoms with E-state index in [0.29, 0.717) is 52.1 Å². The topological polar surface area (TPSA) is 522 Å². The Kier molecular flexibility index (Phi) is 88.1. The Labute approximate surface area is 723 Å². The molecule has 0 aliphatic rings. The predicted molar refractivity (Wildman–Crippen MR) is 444 cm³/mol. The predicted octanol–water partition coefficient (Wildman–Crippen LogP) is 7.60. The smallest absolute Gasteiger partial charge is 0.357 e. The normalized spacial score (nSPS) is 14.2. The maximum atomic E-state index is 12.3. The van der Waals surface area contributed by atoms with Crippen LogP contribution in [-0.2, 0) is 152 Å². The molecule has 14 unspecified atom stereocenters. The third kappa shape index (κ3) is 61.3. The fourth-order valence-corrected chi connectivity index (χ4v) is 8.54. The number of carboxylic acid groups (broad SMARTS) is 2. The molecule has 0 saturated heterocycles. The molecule has 0 spiro atoms. The van der Waals surface area contributed by atoms with Gasteiger partial charge in [0.15, 0.2) is 73.2 Å². The zero-order valence-corrected chi connectivity index (χ0v) is 76.4. The molecule has 38 nitrogen and oxygen atoms in total. The summed E-state index contributed by atoms with van der Waals surface area (Å²) in [6.07, 6.45) is -1.69. The van der Waals surface area contributed by atoms with Gasteiger partial charge in [0.2, 0.25) is 0 Å². The largest absolute Gasteiger partial charge is 0.479 e. The average Bonchev–Trinajstić information content (AvgIpc) is 0.836. The number of hydrogen-bond acceptors (Lipinski definition) is 36. The summed E-state index contributed by atoms with van der Waals surface area (Å²) < 4.78 is 93.0. The van der Waals surface area contributed by atoms with Crippen LogP contribution in [0.3, 0.4) is 0 Å². The van der Waals surface area contributed by atoms with Crippen molar-refractivity contribution in [2.24, 2.45) is 11.8 Å². The Morgan fingerprint density at radius 1 is 0.288 bits per heavy atom. The molecule has 692 valence electrons. The molecule has 14 atom stereocenters. The lowest BCUT2D eigenvalue weighted by Crippen LogP contribution is -2.47. The molecule has 0 radical (unpaired) electrons. The van der Waals surface area contributed by atoms with Gasteiger partial charge in [-0.2, -0.15) is 11.8 Å². The fourth-order valence-electron chi connectivity index (χ4n) is 8.13. The third-order valence-corrected chi connectivity index (χ3v) is 16.9. The van der Waals surface area contributed by atoms with Gasteiger partial charge in [-0.1, -0.05) is 151 Å². The zero-order valence-electron chi connectivity index (χ0n) is 72.0. The average molecular weight is 1940 g/mol. The SMILES string of the molecule is C=CCOC(C(=O)OCC)C(OCC=C)C(=O)OCC.CCCCOC(C(=O)O)C(OCCCC)C(=O)O.CCCCOC(C(=O)OCC)C(OCCCC)C(=O)OCC.CCCCOC(C(=O)ON)C(OCCCC)C(=O)ON.CCOC(=O)C(O)C(O)C(=O)OCC.CCOC(=O)C(OCC(I)CC)C(OCC(I)CC)C(=O)OCC. The molecule has 0 amide bonds. The van der Waals surface area contributed by atoms with Crippen LogP contribution in [0.1, 0.15) is 201 Å². The number of aliphatic hydroxyl groups excluding tert-OH is 2. The van der Waals surface area contributed by atoms with E-state index >= 15 is 0 Å². The van der Waals surface area contributed by atoms with Crippen LogP contribution in [0.2, 0.25) is 0 Å². The van der Waals surface area contributed by atoms with Crippen molar-refractivity contribution >= 4 is 117 Å². The number of hydrogen-bond donors (Lipinski definition) is 6. The lowest BCUT2D eigenvalue weighted by molar-refractivity contribution is -0.184. The molecule has 0 heterocycles. The summed E-state index contributed by atoms with van der Waals surface area (Å²) in [5.74, 6) is -0.597. The van der Waals surface area contributed by atoms with E-state index in [9.17, 15) is 57.5 Å². The number of ether oxygens (including phenoxy) is 18. The number of alkyl halides is 2. The number of carboxylic acids is 2. The number of halogens is 2. The van der Waals surface area contributed by atoms with E-state index in [0.717, 1.165) is 64.2 Å². The second-order valence-electron chi connectivity index (χ2n) is 23.9. The monoisotopic (exact) mass is 1930 g/mol. The summed E-state index contributed by atoms with van der Waals surface area (Å²) >= 11 is 4.49. The van der Waals surface area contributed by atoms with Crippen molar-refractivity contribution in [1.29, 1.82) is 0 Å². The van der Waals surface area contributed by atoms with Crippen molar-refractivity contribution in [2.75, 3.05) is 119 Å². The highest BCUT2D eigenvalue weighted by atomic mass is 127. The van der Waals surface area contributed by atoms with E-state index in [2.05, 4.69) is 77.5 Å². The Hall–Kier alpha value is -5.98. The Balaban J connectivity index is -0.000000321. The molecular weight excluding hydrogens is 1790 g/mol. The van der Waals surface area contributed by atoms with E-state index in [1.165, 1.54) is 12.2 Å². The first kappa shape index (κ1) is 123. The first-order chi connectivity index (χ1) is 56.3. The maximum Gasteiger partial charge on any atom is 0.357 e. The van der Waals surface area contributed by atoms with Crippen LogP contribution in [0.25, 0.3) is 0 Å². The number of carbonyl (C=O) groups excluding carboxylic acids is 10. The lowest BCUT2D eigenvalue weighted by Gasteiger charge is -2.26. The quantitative estimate of drug-likeness (QED) is 0.00649. The van der Waals surface area contributed by atoms with E-state index < -0.39 is 145 Å². The minimum atomic E-state index is -1.89. The van der Waals surface area contributed by atoms with Gasteiger partial charge in [0.05, 0.1) is 79.3 Å². The number of unbranched alkanes of at least 4 members (excludes halogenated alkanes) is 6. The molecule has 0 aliphatic carbocycles. The molecule has 0 rings (SSSR count). The fraction of sp³-hybridized carbons (Fsp3) is 0.795. The molecule has 0 aromatic carbocycles. The molecule has 118 heavy (non-hydrogen) atoms. The maximum absolute atomic E-state index is 12.3. The lowest BCUT2D eigenvalue weighted by atomic mass is 10.2. The van der Waals surface area contributed by atoms with Gasteiger partial charge in [-0.15, -0.1) is 13.2 Å². The molecule has 8 N–H and O–H groups in total. The van der Waals surface area contributed by atoms with Gasteiger partial charge in [0.25, 0.3) is 0 Å². The highest BCUT2D eigenvalue weighted by molar-refractivity contribution is 14.1. The molecule has 0 aliphatic heterocycles. The van der Waals surface area contributed by atoms with Crippen molar-refractivity contribution in [3.8, 4) is 0 Å². The first-order valence-corrected chi connectivity index (χ1v) is 42.5. The number of esters is 8. The van der Waals surface area contributed by atoms with E-state index in [-0.39, 0.29) is 100 Å². The Morgan fingerprint density at radius 2 is 0.466 bits per heavy atom. The number of carbonyl (C=O) groups is 12. The minimum Gasteiger partial charge on any atom is -0.479 e. The van der Waals surface area contributed by atoms with Crippen LogP contribution in [-0.4, -0.2) is 292 Å². The summed E-state index contributed by atoms with van der Waals surface area (Å²) in [6.45, 7) is 39.9. The van der Waals surface area contributed by atoms with E-state index in [1.807, 2.05) is 55.4 Å². The molecule has 0 bridgehead atoms. The summed E-state index contributed by atoms with van der Waals surface area (Å²) in [5.41, 5.74) is 0. The second kappa shape index (κ2) is 84.6. The van der Waals surface area contributed by atoms with Crippen LogP contribution in [0.5, 0.6) is 0 Å². The van der Waals surface area contributed by atoms with Gasteiger partial charge >= 0.3 is 71.6 Å². The number of nitrogens with two attached hydrogens (primary N) is 2. The number of aliphatic carboxylic acids is 2. The van der Waals surface area contributed by atoms with Crippen LogP contribution in [0.15, 0.2) is 25.3 Å². The van der Waals surface area contributed by atoms with E-state index in [4.69, 9.17) is 108 Å². The molecule has 0 aromatic rings. The Bertz CT molecular complexity index is 2460. The third-order valence-electron chi connectivity index (χ3n) is 14.4. The van der Waals surface area contributed by atoms with Crippen LogP contribution < -0.4 is 11.8 Å².